The normalized spacial score (nSPS) is 11.0. The van der Waals surface area contributed by atoms with Gasteiger partial charge in [-0.15, -0.1) is 0 Å². The van der Waals surface area contributed by atoms with Crippen molar-refractivity contribution < 1.29 is 9.90 Å². The highest BCUT2D eigenvalue weighted by Crippen LogP contribution is 2.07. The van der Waals surface area contributed by atoms with E-state index in [1.54, 1.807) is 6.20 Å². The summed E-state index contributed by atoms with van der Waals surface area (Å²) in [6, 6.07) is 8.61. The maximum atomic E-state index is 10.4. The zero-order valence-corrected chi connectivity index (χ0v) is 14.7. The lowest BCUT2D eigenvalue weighted by Gasteiger charge is -2.17. The first kappa shape index (κ1) is 19.0. The second-order valence-electron chi connectivity index (χ2n) is 6.13. The van der Waals surface area contributed by atoms with Gasteiger partial charge in [0.25, 0.3) is 0 Å². The summed E-state index contributed by atoms with van der Waals surface area (Å²) >= 11 is 0. The number of nitrogens with zero attached hydrogens (tertiary/aromatic N) is 2. The molecule has 4 N–H and O–H groups in total. The molecular formula is C18H27N5O2. The van der Waals surface area contributed by atoms with E-state index in [9.17, 15) is 4.79 Å². The van der Waals surface area contributed by atoms with Gasteiger partial charge >= 0.3 is 6.09 Å². The van der Waals surface area contributed by atoms with Crippen molar-refractivity contribution in [2.24, 2.45) is 0 Å². The van der Waals surface area contributed by atoms with Crippen molar-refractivity contribution in [2.45, 2.75) is 32.5 Å². The predicted octanol–water partition coefficient (Wildman–Crippen LogP) is 2.18. The molecule has 136 valence electrons. The quantitative estimate of drug-likeness (QED) is 0.469. The van der Waals surface area contributed by atoms with Gasteiger partial charge in [0.05, 0.1) is 6.54 Å². The second-order valence-corrected chi connectivity index (χ2v) is 6.13. The van der Waals surface area contributed by atoms with Crippen LogP contribution in [-0.4, -0.2) is 46.2 Å². The molecule has 0 aliphatic rings. The van der Waals surface area contributed by atoms with E-state index in [0.717, 1.165) is 44.8 Å². The molecule has 0 radical (unpaired) electrons. The summed E-state index contributed by atoms with van der Waals surface area (Å²) in [5.41, 5.74) is 2.53. The van der Waals surface area contributed by atoms with Gasteiger partial charge in [0, 0.05) is 32.0 Å². The number of H-pyrrole nitrogens is 1. The fraction of sp³-hybridized carbons (Fsp3) is 0.444. The van der Waals surface area contributed by atoms with Gasteiger partial charge in [0.2, 0.25) is 0 Å². The molecule has 0 aliphatic heterocycles. The van der Waals surface area contributed by atoms with E-state index in [1.807, 2.05) is 6.20 Å². The third-order valence-corrected chi connectivity index (χ3v) is 3.89. The Morgan fingerprint density at radius 3 is 2.64 bits per heavy atom. The van der Waals surface area contributed by atoms with Gasteiger partial charge in [-0.25, -0.2) is 9.78 Å². The van der Waals surface area contributed by atoms with Gasteiger partial charge in [-0.2, -0.15) is 0 Å². The molecule has 0 bridgehead atoms. The van der Waals surface area contributed by atoms with E-state index < -0.39 is 6.09 Å². The minimum atomic E-state index is -0.952. The van der Waals surface area contributed by atoms with Crippen LogP contribution in [0.3, 0.4) is 0 Å². The first-order valence-electron chi connectivity index (χ1n) is 8.55. The van der Waals surface area contributed by atoms with Crippen LogP contribution in [0.1, 0.15) is 29.8 Å². The van der Waals surface area contributed by atoms with Crippen molar-refractivity contribution in [3.63, 3.8) is 0 Å². The first-order chi connectivity index (χ1) is 12.1. The summed E-state index contributed by atoms with van der Waals surface area (Å²) in [4.78, 5) is 19.9. The minimum absolute atomic E-state index is 0.517. The van der Waals surface area contributed by atoms with E-state index >= 15 is 0 Å². The van der Waals surface area contributed by atoms with E-state index in [4.69, 9.17) is 5.11 Å². The van der Waals surface area contributed by atoms with Crippen LogP contribution in [0.15, 0.2) is 36.7 Å². The summed E-state index contributed by atoms with van der Waals surface area (Å²) in [7, 11) is 2.09. The number of aromatic nitrogens is 2. The van der Waals surface area contributed by atoms with Crippen LogP contribution in [0.2, 0.25) is 0 Å². The molecule has 1 aromatic carbocycles. The zero-order chi connectivity index (χ0) is 17.9. The highest BCUT2D eigenvalue weighted by molar-refractivity contribution is 5.64. The number of imidazole rings is 1. The fourth-order valence-corrected chi connectivity index (χ4v) is 2.58. The summed E-state index contributed by atoms with van der Waals surface area (Å²) < 4.78 is 0. The molecule has 1 aromatic heterocycles. The molecule has 7 heteroatoms. The number of nitrogens with one attached hydrogen (secondary N) is 3. The van der Waals surface area contributed by atoms with Crippen LogP contribution < -0.4 is 10.6 Å². The first-order valence-corrected chi connectivity index (χ1v) is 8.55. The Kier molecular flexibility index (Phi) is 7.94. The largest absolute Gasteiger partial charge is 0.465 e. The molecule has 0 saturated heterocycles. The average molecular weight is 345 g/mol. The number of benzene rings is 1. The SMILES string of the molecule is CN(CCCCNC(=O)O)Cc1ccc(CNCc2ncc[nH]2)cc1. The molecule has 7 nitrogen and oxygen atoms in total. The van der Waals surface area contributed by atoms with Gasteiger partial charge < -0.3 is 25.6 Å². The number of amides is 1. The van der Waals surface area contributed by atoms with Gasteiger partial charge in [-0.3, -0.25) is 0 Å². The Morgan fingerprint density at radius 1 is 1.20 bits per heavy atom. The maximum Gasteiger partial charge on any atom is 0.404 e. The van der Waals surface area contributed by atoms with Gasteiger partial charge in [-0.1, -0.05) is 24.3 Å². The summed E-state index contributed by atoms with van der Waals surface area (Å²) in [6.45, 7) is 3.91. The standard InChI is InChI=1S/C18H27N5O2/c1-23(11-3-2-8-22-18(24)25)14-16-6-4-15(5-7-16)12-19-13-17-20-9-10-21-17/h4-7,9-10,19,22H,2-3,8,11-14H2,1H3,(H,20,21)(H,24,25). The molecule has 25 heavy (non-hydrogen) atoms. The summed E-state index contributed by atoms with van der Waals surface area (Å²) in [5, 5.41) is 14.3. The summed E-state index contributed by atoms with van der Waals surface area (Å²) in [6.07, 6.45) is 4.46. The van der Waals surface area contributed by atoms with E-state index in [2.05, 4.69) is 56.8 Å². The van der Waals surface area contributed by atoms with Gasteiger partial charge in [-0.05, 0) is 37.6 Å². The Balaban J connectivity index is 1.62. The number of hydrogen-bond acceptors (Lipinski definition) is 4. The Labute approximate surface area is 148 Å². The van der Waals surface area contributed by atoms with Crippen molar-refractivity contribution in [3.05, 3.63) is 53.6 Å². The monoisotopic (exact) mass is 345 g/mol. The number of unbranched alkanes of at least 4 members (excludes halogenated alkanes) is 1. The zero-order valence-electron chi connectivity index (χ0n) is 14.7. The van der Waals surface area contributed by atoms with Crippen molar-refractivity contribution in [2.75, 3.05) is 20.1 Å². The number of aromatic amines is 1. The second kappa shape index (κ2) is 10.5. The number of carbonyl (C=O) groups is 1. The lowest BCUT2D eigenvalue weighted by atomic mass is 10.1. The fourth-order valence-electron chi connectivity index (χ4n) is 2.58. The molecule has 0 atom stereocenters. The summed E-state index contributed by atoms with van der Waals surface area (Å²) in [5.74, 6) is 0.941. The molecule has 1 amide bonds. The van der Waals surface area contributed by atoms with Crippen LogP contribution >= 0.6 is 0 Å². The molecule has 0 saturated carbocycles. The highest BCUT2D eigenvalue weighted by atomic mass is 16.4. The van der Waals surface area contributed by atoms with Crippen LogP contribution in [-0.2, 0) is 19.6 Å². The third-order valence-electron chi connectivity index (χ3n) is 3.89. The Hall–Kier alpha value is -2.38. The van der Waals surface area contributed by atoms with Crippen molar-refractivity contribution >= 4 is 6.09 Å². The maximum absolute atomic E-state index is 10.4. The molecule has 0 spiro atoms. The van der Waals surface area contributed by atoms with Crippen LogP contribution in [0.25, 0.3) is 0 Å². The number of hydrogen-bond donors (Lipinski definition) is 4. The average Bonchev–Trinajstić information content (AvgIpc) is 3.09. The lowest BCUT2D eigenvalue weighted by molar-refractivity contribution is 0.194. The van der Waals surface area contributed by atoms with Gasteiger partial charge in [0.1, 0.15) is 5.82 Å². The molecule has 0 aliphatic carbocycles. The van der Waals surface area contributed by atoms with E-state index in [1.165, 1.54) is 11.1 Å². The lowest BCUT2D eigenvalue weighted by Crippen LogP contribution is -2.24. The van der Waals surface area contributed by atoms with Crippen LogP contribution in [0, 0.1) is 0 Å². The van der Waals surface area contributed by atoms with Crippen molar-refractivity contribution in [3.8, 4) is 0 Å². The molecular weight excluding hydrogens is 318 g/mol. The third kappa shape index (κ3) is 7.82. The van der Waals surface area contributed by atoms with E-state index in [-0.39, 0.29) is 0 Å². The molecule has 1 heterocycles. The molecule has 2 rings (SSSR count). The van der Waals surface area contributed by atoms with Crippen LogP contribution in [0.4, 0.5) is 4.79 Å². The molecule has 0 unspecified atom stereocenters. The Bertz CT molecular complexity index is 613. The number of carboxylic acid groups (broad SMARTS) is 1. The molecule has 2 aromatic rings. The van der Waals surface area contributed by atoms with Crippen molar-refractivity contribution in [1.82, 2.24) is 25.5 Å². The Morgan fingerprint density at radius 2 is 1.96 bits per heavy atom. The topological polar surface area (TPSA) is 93.3 Å². The van der Waals surface area contributed by atoms with Crippen molar-refractivity contribution in [1.29, 1.82) is 0 Å². The van der Waals surface area contributed by atoms with Gasteiger partial charge in [0.15, 0.2) is 0 Å². The highest BCUT2D eigenvalue weighted by Gasteiger charge is 2.02. The predicted molar refractivity (Wildman–Crippen MR) is 97.2 cm³/mol. The smallest absolute Gasteiger partial charge is 0.404 e. The molecule has 0 fully saturated rings. The van der Waals surface area contributed by atoms with Crippen LogP contribution in [0.5, 0.6) is 0 Å². The van der Waals surface area contributed by atoms with E-state index in [0.29, 0.717) is 6.54 Å². The minimum Gasteiger partial charge on any atom is -0.465 e. The number of rotatable bonds is 11.